The monoisotopic (exact) mass is 149 g/mol. The molecule has 0 aromatic heterocycles. The van der Waals surface area contributed by atoms with E-state index in [4.69, 9.17) is 0 Å². The van der Waals surface area contributed by atoms with Gasteiger partial charge in [0.25, 0.3) is 0 Å². The molecule has 1 nitrogen and oxygen atoms in total. The Bertz CT molecular complexity index is 150. The van der Waals surface area contributed by atoms with Crippen molar-refractivity contribution in [2.24, 2.45) is 0 Å². The predicted molar refractivity (Wildman–Crippen MR) is 27.1 cm³/mol. The van der Waals surface area contributed by atoms with E-state index < -0.39 is 0 Å². The normalized spacial score (nSPS) is 8.62. The Morgan fingerprint density at radius 1 is 1.12 bits per heavy atom. The molecule has 43 valence electrons. The van der Waals surface area contributed by atoms with E-state index in [1.54, 1.807) is 0 Å². The fourth-order valence-electron chi connectivity index (χ4n) is 0.469. The van der Waals surface area contributed by atoms with Crippen molar-refractivity contribution in [1.29, 1.82) is 0 Å². The topological polar surface area (TPSA) is 9.23 Å². The Balaban J connectivity index is 2.83. The summed E-state index contributed by atoms with van der Waals surface area (Å²) in [5.41, 5.74) is 0. The third-order valence-corrected chi connectivity index (χ3v) is 1.09. The minimum absolute atomic E-state index is 0.799. The standard InChI is InChI=1S/C6H6O.Fe/c7-6-4-2-1-3-5-6;/h1-5,7H;/q;+1/p-1. The molecule has 0 heterocycles. The van der Waals surface area contributed by atoms with Gasteiger partial charge in [-0.1, -0.05) is 0 Å². The first-order chi connectivity index (χ1) is 3.93. The summed E-state index contributed by atoms with van der Waals surface area (Å²) in [7, 11) is 0. The molecular weight excluding hydrogens is 144 g/mol. The second kappa shape index (κ2) is 2.75. The molecule has 0 atom stereocenters. The molecule has 1 aromatic carbocycles. The van der Waals surface area contributed by atoms with E-state index in [-0.39, 0.29) is 0 Å². The Kier molecular flexibility index (Phi) is 1.95. The fraction of sp³-hybridized carbons (Fsp3) is 0. The number of para-hydroxylation sites is 1. The maximum absolute atomic E-state index is 4.66. The van der Waals surface area contributed by atoms with Gasteiger partial charge in [-0.25, -0.2) is 0 Å². The number of rotatable bonds is 1. The molecule has 0 radical (unpaired) electrons. The van der Waals surface area contributed by atoms with E-state index in [2.05, 4.69) is 20.2 Å². The van der Waals surface area contributed by atoms with Crippen LogP contribution in [0.5, 0.6) is 5.75 Å². The molecule has 0 unspecified atom stereocenters. The van der Waals surface area contributed by atoms with Gasteiger partial charge in [0.05, 0.1) is 0 Å². The van der Waals surface area contributed by atoms with Gasteiger partial charge >= 0.3 is 56.2 Å². The average molecular weight is 149 g/mol. The van der Waals surface area contributed by atoms with Gasteiger partial charge in [-0.05, 0) is 0 Å². The molecule has 0 N–H and O–H groups in total. The molecule has 1 rings (SSSR count). The maximum atomic E-state index is 4.66. The first-order valence-corrected chi connectivity index (χ1v) is 2.71. The summed E-state index contributed by atoms with van der Waals surface area (Å²) in [6.07, 6.45) is 0. The van der Waals surface area contributed by atoms with Crippen molar-refractivity contribution in [2.75, 3.05) is 0 Å². The van der Waals surface area contributed by atoms with Crippen LogP contribution in [0.3, 0.4) is 0 Å². The Morgan fingerprint density at radius 3 is 2.12 bits per heavy atom. The molecule has 0 bridgehead atoms. The van der Waals surface area contributed by atoms with Gasteiger partial charge in [0.1, 0.15) is 0 Å². The molecule has 0 aliphatic heterocycles. The molecule has 1 aromatic rings. The third kappa shape index (κ3) is 1.25. The summed E-state index contributed by atoms with van der Waals surface area (Å²) in [6.45, 7) is 0. The van der Waals surface area contributed by atoms with E-state index in [0.717, 1.165) is 5.75 Å². The molecule has 0 saturated heterocycles. The van der Waals surface area contributed by atoms with Crippen LogP contribution in [0, 0.1) is 0 Å². The average Bonchev–Trinajstić information content (AvgIpc) is 1.90. The van der Waals surface area contributed by atoms with Gasteiger partial charge in [0.15, 0.2) is 0 Å². The van der Waals surface area contributed by atoms with E-state index in [0.29, 0.717) is 0 Å². The predicted octanol–water partition coefficient (Wildman–Crippen LogP) is 1.53. The number of benzene rings is 1. The van der Waals surface area contributed by atoms with Crippen LogP contribution in [0.2, 0.25) is 0 Å². The van der Waals surface area contributed by atoms with Crippen molar-refractivity contribution < 1.29 is 20.2 Å². The molecule has 0 saturated carbocycles. The van der Waals surface area contributed by atoms with Crippen LogP contribution in [0.25, 0.3) is 0 Å². The summed E-state index contributed by atoms with van der Waals surface area (Å²) >= 11 is 3.26. The van der Waals surface area contributed by atoms with Crippen molar-refractivity contribution in [3.63, 3.8) is 0 Å². The van der Waals surface area contributed by atoms with E-state index in [1.807, 2.05) is 30.3 Å². The van der Waals surface area contributed by atoms with Crippen LogP contribution < -0.4 is 3.82 Å². The zero-order chi connectivity index (χ0) is 5.82. The molecule has 2 heteroatoms. The van der Waals surface area contributed by atoms with Gasteiger partial charge in [0.2, 0.25) is 0 Å². The number of hydrogen-bond donors (Lipinski definition) is 0. The molecule has 0 fully saturated rings. The first-order valence-electron chi connectivity index (χ1n) is 2.26. The third-order valence-electron chi connectivity index (χ3n) is 0.827. The van der Waals surface area contributed by atoms with Crippen molar-refractivity contribution in [2.45, 2.75) is 0 Å². The molecule has 0 spiro atoms. The molecular formula is C6H5FeO. The van der Waals surface area contributed by atoms with Crippen LogP contribution in [-0.4, -0.2) is 0 Å². The first kappa shape index (κ1) is 5.67. The van der Waals surface area contributed by atoms with E-state index in [9.17, 15) is 0 Å². The minimum atomic E-state index is 0.799. The summed E-state index contributed by atoms with van der Waals surface area (Å²) in [5, 5.41) is 0. The summed E-state index contributed by atoms with van der Waals surface area (Å²) in [4.78, 5) is 0. The zero-order valence-electron chi connectivity index (χ0n) is 4.15. The van der Waals surface area contributed by atoms with Crippen LogP contribution >= 0.6 is 0 Å². The Hall–Kier alpha value is -0.461. The summed E-state index contributed by atoms with van der Waals surface area (Å²) < 4.78 is 4.66. The summed E-state index contributed by atoms with van der Waals surface area (Å²) in [5.74, 6) is 0.799. The Morgan fingerprint density at radius 2 is 1.75 bits per heavy atom. The van der Waals surface area contributed by atoms with Gasteiger partial charge in [-0.3, -0.25) is 0 Å². The Labute approximate surface area is 56.8 Å². The van der Waals surface area contributed by atoms with E-state index >= 15 is 0 Å². The van der Waals surface area contributed by atoms with Crippen LogP contribution in [0.15, 0.2) is 30.3 Å². The van der Waals surface area contributed by atoms with Gasteiger partial charge in [-0.15, -0.1) is 0 Å². The zero-order valence-corrected chi connectivity index (χ0v) is 5.25. The fourth-order valence-corrected chi connectivity index (χ4v) is 0.619. The second-order valence-corrected chi connectivity index (χ2v) is 1.61. The SMILES string of the molecule is [Fe][O]c1ccccc1. The molecule has 0 aliphatic carbocycles. The van der Waals surface area contributed by atoms with Crippen LogP contribution in [0.1, 0.15) is 0 Å². The van der Waals surface area contributed by atoms with Crippen LogP contribution in [-0.2, 0) is 16.3 Å². The van der Waals surface area contributed by atoms with Crippen molar-refractivity contribution in [3.8, 4) is 5.75 Å². The molecule has 0 aliphatic rings. The van der Waals surface area contributed by atoms with Crippen LogP contribution in [0.4, 0.5) is 0 Å². The van der Waals surface area contributed by atoms with Crippen molar-refractivity contribution >= 4 is 0 Å². The number of hydrogen-bond acceptors (Lipinski definition) is 1. The second-order valence-electron chi connectivity index (χ2n) is 1.39. The summed E-state index contributed by atoms with van der Waals surface area (Å²) in [6, 6.07) is 9.45. The van der Waals surface area contributed by atoms with E-state index in [1.165, 1.54) is 0 Å². The quantitative estimate of drug-likeness (QED) is 0.550. The molecule has 0 amide bonds. The molecule has 8 heavy (non-hydrogen) atoms. The van der Waals surface area contributed by atoms with Crippen molar-refractivity contribution in [1.82, 2.24) is 0 Å². The van der Waals surface area contributed by atoms with Crippen molar-refractivity contribution in [3.05, 3.63) is 30.3 Å². The van der Waals surface area contributed by atoms with Gasteiger partial charge < -0.3 is 0 Å². The van der Waals surface area contributed by atoms with Gasteiger partial charge in [-0.2, -0.15) is 0 Å². The van der Waals surface area contributed by atoms with Gasteiger partial charge in [0, 0.05) is 0 Å².